The highest BCUT2D eigenvalue weighted by Gasteiger charge is 2.18. The molecule has 2 nitrogen and oxygen atoms in total. The molecule has 0 aliphatic rings. The fraction of sp³-hybridized carbons (Fsp3) is 0.154. The van der Waals surface area contributed by atoms with Crippen LogP contribution in [0.2, 0.25) is 0 Å². The van der Waals surface area contributed by atoms with E-state index in [0.717, 1.165) is 39.7 Å². The molecule has 0 amide bonds. The van der Waals surface area contributed by atoms with Gasteiger partial charge >= 0.3 is 0 Å². The highest BCUT2D eigenvalue weighted by Crippen LogP contribution is 2.38. The molecule has 0 unspecified atom stereocenters. The van der Waals surface area contributed by atoms with Crippen molar-refractivity contribution in [2.45, 2.75) is 52.4 Å². The van der Waals surface area contributed by atoms with Gasteiger partial charge in [0.2, 0.25) is 0 Å². The van der Waals surface area contributed by atoms with Gasteiger partial charge < -0.3 is 9.80 Å². The highest BCUT2D eigenvalue weighted by molar-refractivity contribution is 5.80. The van der Waals surface area contributed by atoms with Gasteiger partial charge in [0.25, 0.3) is 0 Å². The van der Waals surface area contributed by atoms with Crippen LogP contribution in [-0.2, 0) is 10.8 Å². The molecular weight excluding hydrogens is 653 g/mol. The lowest BCUT2D eigenvalue weighted by Gasteiger charge is -2.28. The van der Waals surface area contributed by atoms with Gasteiger partial charge in [-0.25, -0.2) is 0 Å². The highest BCUT2D eigenvalue weighted by atomic mass is 15.1. The summed E-state index contributed by atoms with van der Waals surface area (Å²) in [4.78, 5) is 4.63. The Morgan fingerprint density at radius 3 is 0.889 bits per heavy atom. The zero-order valence-corrected chi connectivity index (χ0v) is 32.4. The van der Waals surface area contributed by atoms with Gasteiger partial charge in [0.1, 0.15) is 0 Å². The minimum absolute atomic E-state index is 0.103. The average Bonchev–Trinajstić information content (AvgIpc) is 3.19. The van der Waals surface area contributed by atoms with Gasteiger partial charge in [0.05, 0.1) is 0 Å². The summed E-state index contributed by atoms with van der Waals surface area (Å²) in [5.41, 5.74) is 14.4. The number of anilines is 6. The van der Waals surface area contributed by atoms with Crippen molar-refractivity contribution >= 4 is 46.3 Å². The minimum atomic E-state index is 0.103. The van der Waals surface area contributed by atoms with Gasteiger partial charge in [-0.3, -0.25) is 0 Å². The Balaban J connectivity index is 1.08. The molecule has 0 heterocycles. The predicted octanol–water partition coefficient (Wildman–Crippen LogP) is 15.1. The topological polar surface area (TPSA) is 6.48 Å². The van der Waals surface area contributed by atoms with Crippen LogP contribution in [0.3, 0.4) is 0 Å². The van der Waals surface area contributed by atoms with Crippen LogP contribution in [0, 0.1) is 0 Å². The third kappa shape index (κ3) is 8.40. The molecule has 268 valence electrons. The Kier molecular flexibility index (Phi) is 10.4. The van der Waals surface area contributed by atoms with Gasteiger partial charge in [-0.15, -0.1) is 0 Å². The first kappa shape index (κ1) is 36.2. The lowest BCUT2D eigenvalue weighted by molar-refractivity contribution is 0.590. The monoisotopic (exact) mass is 702 g/mol. The van der Waals surface area contributed by atoms with E-state index in [1.807, 2.05) is 0 Å². The van der Waals surface area contributed by atoms with E-state index >= 15 is 0 Å². The van der Waals surface area contributed by atoms with Crippen molar-refractivity contribution in [2.24, 2.45) is 0 Å². The van der Waals surface area contributed by atoms with Crippen LogP contribution in [0.25, 0.3) is 23.3 Å². The van der Waals surface area contributed by atoms with Gasteiger partial charge in [0.15, 0.2) is 0 Å². The maximum absolute atomic E-state index is 2.35. The van der Waals surface area contributed by atoms with Gasteiger partial charge in [-0.05, 0) is 117 Å². The molecule has 0 radical (unpaired) electrons. The molecule has 0 fully saturated rings. The molecule has 0 saturated heterocycles. The molecule has 7 aromatic rings. The fourth-order valence-electron chi connectivity index (χ4n) is 6.79. The first-order valence-electron chi connectivity index (χ1n) is 18.9. The second kappa shape index (κ2) is 15.5. The van der Waals surface area contributed by atoms with Crippen LogP contribution in [0.15, 0.2) is 182 Å². The molecule has 0 atom stereocenters. The Hall–Kier alpha value is -6.12. The van der Waals surface area contributed by atoms with E-state index < -0.39 is 0 Å². The zero-order valence-electron chi connectivity index (χ0n) is 32.4. The third-order valence-corrected chi connectivity index (χ3v) is 10.0. The van der Waals surface area contributed by atoms with E-state index in [9.17, 15) is 0 Å². The normalized spacial score (nSPS) is 11.8. The van der Waals surface area contributed by atoms with Crippen molar-refractivity contribution in [3.63, 3.8) is 0 Å². The van der Waals surface area contributed by atoms with E-state index in [0.29, 0.717) is 0 Å². The molecule has 7 rings (SSSR count). The molecule has 0 bridgehead atoms. The molecule has 0 N–H and O–H groups in total. The summed E-state index contributed by atoms with van der Waals surface area (Å²) in [5, 5.41) is 0. The van der Waals surface area contributed by atoms with Crippen LogP contribution < -0.4 is 9.80 Å². The molecule has 0 saturated carbocycles. The average molecular weight is 703 g/mol. The van der Waals surface area contributed by atoms with Crippen molar-refractivity contribution < 1.29 is 0 Å². The zero-order chi connectivity index (χ0) is 37.7. The molecule has 7 aromatic carbocycles. The van der Waals surface area contributed by atoms with E-state index in [2.05, 4.69) is 245 Å². The summed E-state index contributed by atoms with van der Waals surface area (Å²) < 4.78 is 0. The van der Waals surface area contributed by atoms with Crippen LogP contribution in [0.4, 0.5) is 34.1 Å². The Morgan fingerprint density at radius 1 is 0.296 bits per heavy atom. The summed E-state index contributed by atoms with van der Waals surface area (Å²) >= 11 is 0. The second-order valence-electron chi connectivity index (χ2n) is 16.0. The number of rotatable bonds is 9. The molecular formula is C52H50N2. The first-order valence-corrected chi connectivity index (χ1v) is 18.9. The summed E-state index contributed by atoms with van der Waals surface area (Å²) in [6.45, 7) is 13.6. The van der Waals surface area contributed by atoms with E-state index in [-0.39, 0.29) is 10.8 Å². The third-order valence-electron chi connectivity index (χ3n) is 10.0. The maximum atomic E-state index is 2.35. The Morgan fingerprint density at radius 2 is 0.556 bits per heavy atom. The molecule has 0 aliphatic heterocycles. The standard InChI is InChI=1S/C52H50N2/c1-51(2,3)43-27-35-49(36-28-43)54(50-37-29-44(30-38-50)52(4,5)6)47-31-21-40(22-32-47)18-17-39-19-23-41(24-20-39)42-25-33-48(34-26-42)53(45-13-9-7-10-14-45)46-15-11-8-12-16-46/h7-38H,1-6H3. The summed E-state index contributed by atoms with van der Waals surface area (Å²) in [6, 6.07) is 65.5. The van der Waals surface area contributed by atoms with Crippen LogP contribution in [0.1, 0.15) is 63.8 Å². The number of hydrogen-bond donors (Lipinski definition) is 0. The van der Waals surface area contributed by atoms with Gasteiger partial charge in [0, 0.05) is 34.1 Å². The summed E-state index contributed by atoms with van der Waals surface area (Å²) in [7, 11) is 0. The van der Waals surface area contributed by atoms with Crippen molar-refractivity contribution in [3.05, 3.63) is 204 Å². The molecule has 0 aliphatic carbocycles. The van der Waals surface area contributed by atoms with Crippen LogP contribution in [-0.4, -0.2) is 0 Å². The quantitative estimate of drug-likeness (QED) is 0.138. The minimum Gasteiger partial charge on any atom is -0.311 e. The van der Waals surface area contributed by atoms with E-state index in [1.54, 1.807) is 0 Å². The lowest BCUT2D eigenvalue weighted by Crippen LogP contribution is -2.14. The van der Waals surface area contributed by atoms with E-state index in [1.165, 1.54) is 27.8 Å². The summed E-state index contributed by atoms with van der Waals surface area (Å²) in [5.74, 6) is 0. The van der Waals surface area contributed by atoms with Crippen LogP contribution in [0.5, 0.6) is 0 Å². The van der Waals surface area contributed by atoms with E-state index in [4.69, 9.17) is 0 Å². The fourth-order valence-corrected chi connectivity index (χ4v) is 6.79. The largest absolute Gasteiger partial charge is 0.311 e. The van der Waals surface area contributed by atoms with Gasteiger partial charge in [-0.1, -0.05) is 163 Å². The number of nitrogens with zero attached hydrogens (tertiary/aromatic N) is 2. The Bertz CT molecular complexity index is 2170. The van der Waals surface area contributed by atoms with Crippen LogP contribution >= 0.6 is 0 Å². The lowest BCUT2D eigenvalue weighted by atomic mass is 9.86. The molecule has 54 heavy (non-hydrogen) atoms. The van der Waals surface area contributed by atoms with Gasteiger partial charge in [-0.2, -0.15) is 0 Å². The van der Waals surface area contributed by atoms with Crippen molar-refractivity contribution in [1.82, 2.24) is 0 Å². The summed E-state index contributed by atoms with van der Waals surface area (Å²) in [6.07, 6.45) is 4.38. The predicted molar refractivity (Wildman–Crippen MR) is 234 cm³/mol. The molecule has 2 heteroatoms. The molecule has 0 aromatic heterocycles. The Labute approximate surface area is 322 Å². The smallest absolute Gasteiger partial charge is 0.0462 e. The first-order chi connectivity index (χ1) is 26.0. The van der Waals surface area contributed by atoms with Crippen molar-refractivity contribution in [2.75, 3.05) is 9.80 Å². The number of benzene rings is 7. The number of para-hydroxylation sites is 2. The SMILES string of the molecule is CC(C)(C)c1ccc(N(c2ccc(C=Cc3ccc(-c4ccc(N(c5ccccc5)c5ccccc5)cc4)cc3)cc2)c2ccc(C(C)(C)C)cc2)cc1. The number of hydrogen-bond acceptors (Lipinski definition) is 2. The maximum Gasteiger partial charge on any atom is 0.0462 e. The van der Waals surface area contributed by atoms with Crippen molar-refractivity contribution in [3.8, 4) is 11.1 Å². The molecule has 0 spiro atoms. The second-order valence-corrected chi connectivity index (χ2v) is 16.0. The van der Waals surface area contributed by atoms with Crippen molar-refractivity contribution in [1.29, 1.82) is 0 Å².